The number of fused-ring (bicyclic) bond motifs is 1. The Morgan fingerprint density at radius 1 is 0.884 bits per heavy atom. The van der Waals surface area contributed by atoms with Crippen molar-refractivity contribution in [1.29, 1.82) is 0 Å². The number of carbonyl (C=O) groups excluding carboxylic acids is 3. The first-order chi connectivity index (χ1) is 20.6. The molecule has 0 atom stereocenters. The molecular formula is C35H32FN3O4. The van der Waals surface area contributed by atoms with Crippen molar-refractivity contribution in [2.45, 2.75) is 27.2 Å². The Bertz CT molecular complexity index is 1840. The third-order valence-corrected chi connectivity index (χ3v) is 7.08. The minimum atomic E-state index is -0.633. The number of benzene rings is 4. The first-order valence-electron chi connectivity index (χ1n) is 14.0. The molecule has 43 heavy (non-hydrogen) atoms. The van der Waals surface area contributed by atoms with Gasteiger partial charge in [-0.05, 0) is 64.6 Å². The standard InChI is InChI=1S/C35H32FN3O4/c1-20(2)19-38-35(42)28-17-23(10-14-26(28)27-6-4-5-7-30(27)39-21(3)40)24-11-15-31-29(18-24)33(34(37)41)32(43-31)16-22-8-12-25(36)13-9-22/h4-15,17-18,20H,16,19H2,1-3H3,(H2,37,41)(H,38,42)(H,39,40). The van der Waals surface area contributed by atoms with Crippen molar-refractivity contribution in [1.82, 2.24) is 5.32 Å². The molecule has 0 aliphatic carbocycles. The van der Waals surface area contributed by atoms with Crippen LogP contribution in [0.1, 0.15) is 52.8 Å². The number of hydrogen-bond donors (Lipinski definition) is 3. The van der Waals surface area contributed by atoms with Crippen molar-refractivity contribution in [3.05, 3.63) is 113 Å². The molecule has 8 heteroatoms. The molecular weight excluding hydrogens is 545 g/mol. The van der Waals surface area contributed by atoms with Gasteiger partial charge in [0.1, 0.15) is 17.2 Å². The highest BCUT2D eigenvalue weighted by Gasteiger charge is 2.21. The lowest BCUT2D eigenvalue weighted by Gasteiger charge is -2.16. The number of anilines is 1. The van der Waals surface area contributed by atoms with Crippen molar-refractivity contribution in [3.63, 3.8) is 0 Å². The maximum atomic E-state index is 13.5. The zero-order valence-electron chi connectivity index (χ0n) is 24.2. The second kappa shape index (κ2) is 12.3. The van der Waals surface area contributed by atoms with Gasteiger partial charge in [0, 0.05) is 42.1 Å². The van der Waals surface area contributed by atoms with Gasteiger partial charge in [-0.3, -0.25) is 14.4 Å². The van der Waals surface area contributed by atoms with Gasteiger partial charge in [-0.2, -0.15) is 0 Å². The third kappa shape index (κ3) is 6.48. The SMILES string of the molecule is CC(=O)Nc1ccccc1-c1ccc(-c2ccc3oc(Cc4ccc(F)cc4)c(C(N)=O)c3c2)cc1C(=O)NCC(C)C. The molecule has 0 saturated heterocycles. The van der Waals surface area contributed by atoms with E-state index in [9.17, 15) is 18.8 Å². The van der Waals surface area contributed by atoms with Crippen LogP contribution in [0.15, 0.2) is 89.3 Å². The van der Waals surface area contributed by atoms with Crippen LogP contribution in [0.25, 0.3) is 33.2 Å². The number of furan rings is 1. The molecule has 5 rings (SSSR count). The van der Waals surface area contributed by atoms with E-state index in [4.69, 9.17) is 10.2 Å². The lowest BCUT2D eigenvalue weighted by atomic mass is 9.92. The summed E-state index contributed by atoms with van der Waals surface area (Å²) >= 11 is 0. The van der Waals surface area contributed by atoms with Crippen molar-refractivity contribution >= 4 is 34.4 Å². The Balaban J connectivity index is 1.60. The highest BCUT2D eigenvalue weighted by Crippen LogP contribution is 2.36. The number of rotatable bonds is 9. The Morgan fingerprint density at radius 3 is 2.28 bits per heavy atom. The van der Waals surface area contributed by atoms with Crippen LogP contribution in [-0.2, 0) is 11.2 Å². The highest BCUT2D eigenvalue weighted by molar-refractivity contribution is 6.08. The lowest BCUT2D eigenvalue weighted by Crippen LogP contribution is -2.27. The zero-order valence-corrected chi connectivity index (χ0v) is 24.2. The van der Waals surface area contributed by atoms with Gasteiger partial charge in [-0.1, -0.05) is 62.4 Å². The van der Waals surface area contributed by atoms with Gasteiger partial charge in [-0.25, -0.2) is 4.39 Å². The van der Waals surface area contributed by atoms with Crippen LogP contribution in [0, 0.1) is 11.7 Å². The van der Waals surface area contributed by atoms with E-state index >= 15 is 0 Å². The maximum absolute atomic E-state index is 13.5. The minimum absolute atomic E-state index is 0.215. The Morgan fingerprint density at radius 2 is 1.58 bits per heavy atom. The average Bonchev–Trinajstić information content (AvgIpc) is 3.34. The zero-order chi connectivity index (χ0) is 30.7. The van der Waals surface area contributed by atoms with E-state index < -0.39 is 5.91 Å². The van der Waals surface area contributed by atoms with Crippen LogP contribution in [0.5, 0.6) is 0 Å². The summed E-state index contributed by atoms with van der Waals surface area (Å²) in [6, 6.07) is 24.3. The fourth-order valence-electron chi connectivity index (χ4n) is 5.07. The summed E-state index contributed by atoms with van der Waals surface area (Å²) in [5.74, 6) is -0.798. The molecule has 1 aromatic heterocycles. The summed E-state index contributed by atoms with van der Waals surface area (Å²) in [5.41, 5.74) is 11.2. The third-order valence-electron chi connectivity index (χ3n) is 7.08. The Labute approximate surface area is 248 Å². The number of hydrogen-bond acceptors (Lipinski definition) is 4. The largest absolute Gasteiger partial charge is 0.460 e. The van der Waals surface area contributed by atoms with Crippen LogP contribution in [-0.4, -0.2) is 24.3 Å². The molecule has 218 valence electrons. The molecule has 4 aromatic carbocycles. The summed E-state index contributed by atoms with van der Waals surface area (Å²) in [5, 5.41) is 6.40. The molecule has 1 heterocycles. The quantitative estimate of drug-likeness (QED) is 0.176. The second-order valence-corrected chi connectivity index (χ2v) is 10.9. The van der Waals surface area contributed by atoms with E-state index in [0.29, 0.717) is 45.7 Å². The van der Waals surface area contributed by atoms with Crippen molar-refractivity contribution in [2.75, 3.05) is 11.9 Å². The molecule has 0 saturated carbocycles. The fraction of sp³-hybridized carbons (Fsp3) is 0.171. The van der Waals surface area contributed by atoms with E-state index in [1.165, 1.54) is 19.1 Å². The second-order valence-electron chi connectivity index (χ2n) is 10.9. The molecule has 0 unspecified atom stereocenters. The minimum Gasteiger partial charge on any atom is -0.460 e. The molecule has 3 amide bonds. The summed E-state index contributed by atoms with van der Waals surface area (Å²) in [4.78, 5) is 38.0. The monoisotopic (exact) mass is 577 g/mol. The molecule has 0 bridgehead atoms. The van der Waals surface area contributed by atoms with Crippen LogP contribution in [0.3, 0.4) is 0 Å². The summed E-state index contributed by atoms with van der Waals surface area (Å²) < 4.78 is 19.4. The van der Waals surface area contributed by atoms with Gasteiger partial charge in [0.2, 0.25) is 5.91 Å². The first kappa shape index (κ1) is 29.3. The van der Waals surface area contributed by atoms with Crippen molar-refractivity contribution in [3.8, 4) is 22.3 Å². The molecule has 0 aliphatic rings. The van der Waals surface area contributed by atoms with Crippen LogP contribution in [0.4, 0.5) is 10.1 Å². The number of halogens is 1. The van der Waals surface area contributed by atoms with Crippen LogP contribution >= 0.6 is 0 Å². The molecule has 0 aliphatic heterocycles. The molecule has 5 aromatic rings. The highest BCUT2D eigenvalue weighted by atomic mass is 19.1. The molecule has 0 spiro atoms. The van der Waals surface area contributed by atoms with E-state index in [1.807, 2.05) is 56.3 Å². The molecule has 0 fully saturated rings. The van der Waals surface area contributed by atoms with E-state index in [0.717, 1.165) is 16.7 Å². The van der Waals surface area contributed by atoms with Gasteiger partial charge >= 0.3 is 0 Å². The smallest absolute Gasteiger partial charge is 0.252 e. The maximum Gasteiger partial charge on any atom is 0.252 e. The topological polar surface area (TPSA) is 114 Å². The molecule has 7 nitrogen and oxygen atoms in total. The first-order valence-corrected chi connectivity index (χ1v) is 14.0. The number of nitrogens with two attached hydrogens (primary N) is 1. The number of primary amides is 1. The Kier molecular flexibility index (Phi) is 8.39. The van der Waals surface area contributed by atoms with Gasteiger partial charge in [0.05, 0.1) is 5.56 Å². The fourth-order valence-corrected chi connectivity index (χ4v) is 5.07. The van der Waals surface area contributed by atoms with E-state index in [2.05, 4.69) is 10.6 Å². The van der Waals surface area contributed by atoms with Crippen molar-refractivity contribution in [2.24, 2.45) is 11.7 Å². The van der Waals surface area contributed by atoms with Gasteiger partial charge in [0.15, 0.2) is 0 Å². The summed E-state index contributed by atoms with van der Waals surface area (Å²) in [6.07, 6.45) is 0.269. The average molecular weight is 578 g/mol. The van der Waals surface area contributed by atoms with Gasteiger partial charge < -0.3 is 20.8 Å². The summed E-state index contributed by atoms with van der Waals surface area (Å²) in [6.45, 7) is 5.97. The van der Waals surface area contributed by atoms with Crippen LogP contribution in [0.2, 0.25) is 0 Å². The number of carbonyl (C=O) groups is 3. The summed E-state index contributed by atoms with van der Waals surface area (Å²) in [7, 11) is 0. The predicted molar refractivity (Wildman–Crippen MR) is 166 cm³/mol. The molecule has 4 N–H and O–H groups in total. The van der Waals surface area contributed by atoms with E-state index in [-0.39, 0.29) is 35.5 Å². The van der Waals surface area contributed by atoms with Crippen molar-refractivity contribution < 1.29 is 23.2 Å². The number of amides is 3. The van der Waals surface area contributed by atoms with Crippen LogP contribution < -0.4 is 16.4 Å². The lowest BCUT2D eigenvalue weighted by molar-refractivity contribution is -0.114. The van der Waals surface area contributed by atoms with Gasteiger partial charge in [-0.15, -0.1) is 0 Å². The Hall–Kier alpha value is -5.24. The molecule has 0 radical (unpaired) electrons. The number of nitrogens with one attached hydrogen (secondary N) is 2. The predicted octanol–water partition coefficient (Wildman–Crippen LogP) is 6.94. The van der Waals surface area contributed by atoms with E-state index in [1.54, 1.807) is 30.3 Å². The van der Waals surface area contributed by atoms with Gasteiger partial charge in [0.25, 0.3) is 11.8 Å². The number of para-hydroxylation sites is 1. The normalized spacial score (nSPS) is 11.1.